The molecule has 2 heterocycles. The zero-order chi connectivity index (χ0) is 18.3. The number of likely N-dealkylation sites (N-methyl/N-ethyl adjacent to an activating group) is 1. The number of nitrogens with zero attached hydrogens (tertiary/aromatic N) is 4. The molecule has 0 aliphatic carbocycles. The van der Waals surface area contributed by atoms with Crippen molar-refractivity contribution >= 4 is 5.96 Å². The van der Waals surface area contributed by atoms with Crippen LogP contribution in [0.2, 0.25) is 0 Å². The van der Waals surface area contributed by atoms with E-state index in [0.717, 1.165) is 71.5 Å². The number of guanidine groups is 1. The number of morpholine rings is 1. The quantitative estimate of drug-likeness (QED) is 0.513. The van der Waals surface area contributed by atoms with E-state index >= 15 is 0 Å². The van der Waals surface area contributed by atoms with Crippen LogP contribution < -0.4 is 10.6 Å². The molecule has 1 atom stereocenters. The lowest BCUT2D eigenvalue weighted by atomic mass is 10.0. The van der Waals surface area contributed by atoms with Gasteiger partial charge in [0, 0.05) is 71.0 Å². The van der Waals surface area contributed by atoms with E-state index in [0.29, 0.717) is 6.04 Å². The number of piperazine rings is 1. The van der Waals surface area contributed by atoms with Crippen LogP contribution in [0.5, 0.6) is 0 Å². The molecule has 25 heavy (non-hydrogen) atoms. The second kappa shape index (κ2) is 9.71. The molecule has 0 aromatic carbocycles. The second-order valence-electron chi connectivity index (χ2n) is 7.91. The van der Waals surface area contributed by atoms with E-state index in [2.05, 4.69) is 58.1 Å². The maximum Gasteiger partial charge on any atom is 0.191 e. The van der Waals surface area contributed by atoms with Gasteiger partial charge in [-0.15, -0.1) is 0 Å². The van der Waals surface area contributed by atoms with Crippen molar-refractivity contribution in [3.8, 4) is 0 Å². The summed E-state index contributed by atoms with van der Waals surface area (Å²) in [6.07, 6.45) is 0. The predicted octanol–water partition coefficient (Wildman–Crippen LogP) is -0.102. The highest BCUT2D eigenvalue weighted by Crippen LogP contribution is 2.15. The lowest BCUT2D eigenvalue weighted by Gasteiger charge is -2.41. The summed E-state index contributed by atoms with van der Waals surface area (Å²) in [7, 11) is 4.04. The Morgan fingerprint density at radius 3 is 2.32 bits per heavy atom. The zero-order valence-corrected chi connectivity index (χ0v) is 16.8. The zero-order valence-electron chi connectivity index (χ0n) is 16.8. The first-order valence-corrected chi connectivity index (χ1v) is 9.62. The van der Waals surface area contributed by atoms with Crippen molar-refractivity contribution in [2.45, 2.75) is 32.4 Å². The van der Waals surface area contributed by atoms with Crippen molar-refractivity contribution in [2.24, 2.45) is 4.99 Å². The minimum absolute atomic E-state index is 0.0878. The normalized spacial score (nSPS) is 23.5. The van der Waals surface area contributed by atoms with Crippen LogP contribution in [0.3, 0.4) is 0 Å². The highest BCUT2D eigenvalue weighted by molar-refractivity contribution is 5.79. The summed E-state index contributed by atoms with van der Waals surface area (Å²) in [4.78, 5) is 11.8. The molecule has 1 unspecified atom stereocenters. The molecule has 2 rings (SSSR count). The van der Waals surface area contributed by atoms with E-state index in [-0.39, 0.29) is 5.54 Å². The molecule has 0 amide bonds. The van der Waals surface area contributed by atoms with Crippen LogP contribution in [-0.4, -0.2) is 112 Å². The largest absolute Gasteiger partial charge is 0.379 e. The molecule has 146 valence electrons. The van der Waals surface area contributed by atoms with E-state index < -0.39 is 0 Å². The Morgan fingerprint density at radius 1 is 1.08 bits per heavy atom. The van der Waals surface area contributed by atoms with Gasteiger partial charge in [0.1, 0.15) is 0 Å². The monoisotopic (exact) mass is 354 g/mol. The van der Waals surface area contributed by atoms with Crippen LogP contribution >= 0.6 is 0 Å². The molecule has 0 bridgehead atoms. The second-order valence-corrected chi connectivity index (χ2v) is 7.91. The van der Waals surface area contributed by atoms with Crippen LogP contribution in [0.1, 0.15) is 20.8 Å². The van der Waals surface area contributed by atoms with Crippen LogP contribution in [0.25, 0.3) is 0 Å². The molecule has 0 spiro atoms. The van der Waals surface area contributed by atoms with E-state index in [9.17, 15) is 0 Å². The third-order valence-electron chi connectivity index (χ3n) is 5.51. The first-order valence-electron chi connectivity index (χ1n) is 9.62. The Labute approximate surface area is 153 Å². The summed E-state index contributed by atoms with van der Waals surface area (Å²) in [5.41, 5.74) is 0.0878. The predicted molar refractivity (Wildman–Crippen MR) is 104 cm³/mol. The van der Waals surface area contributed by atoms with Crippen molar-refractivity contribution in [1.29, 1.82) is 0 Å². The van der Waals surface area contributed by atoms with Crippen molar-refractivity contribution < 1.29 is 4.74 Å². The van der Waals surface area contributed by atoms with E-state index in [1.54, 1.807) is 0 Å². The minimum Gasteiger partial charge on any atom is -0.379 e. The van der Waals surface area contributed by atoms with Gasteiger partial charge in [-0.1, -0.05) is 0 Å². The first-order chi connectivity index (χ1) is 11.9. The molecule has 2 saturated heterocycles. The molecule has 0 radical (unpaired) electrons. The Morgan fingerprint density at radius 2 is 1.72 bits per heavy atom. The Kier molecular flexibility index (Phi) is 7.93. The maximum atomic E-state index is 5.46. The summed E-state index contributed by atoms with van der Waals surface area (Å²) >= 11 is 0. The Hall–Kier alpha value is -0.890. The number of nitrogens with one attached hydrogen (secondary N) is 2. The number of rotatable bonds is 6. The smallest absolute Gasteiger partial charge is 0.191 e. The number of hydrogen-bond donors (Lipinski definition) is 2. The SMILES string of the molecule is CN=C(NCC(C)N1CCN(C)CC1)NCC(C)(C)N1CCOCC1. The van der Waals surface area contributed by atoms with Gasteiger partial charge in [-0.05, 0) is 27.8 Å². The Bertz CT molecular complexity index is 414. The van der Waals surface area contributed by atoms with E-state index in [1.165, 1.54) is 0 Å². The van der Waals surface area contributed by atoms with Gasteiger partial charge in [0.15, 0.2) is 5.96 Å². The first kappa shape index (κ1) is 20.4. The molecule has 7 nitrogen and oxygen atoms in total. The topological polar surface area (TPSA) is 55.4 Å². The molecule has 0 aromatic heterocycles. The number of ether oxygens (including phenoxy) is 1. The van der Waals surface area contributed by atoms with Gasteiger partial charge in [0.2, 0.25) is 0 Å². The van der Waals surface area contributed by atoms with E-state index in [4.69, 9.17) is 4.74 Å². The van der Waals surface area contributed by atoms with Gasteiger partial charge in [-0.25, -0.2) is 0 Å². The minimum atomic E-state index is 0.0878. The van der Waals surface area contributed by atoms with Crippen LogP contribution in [0, 0.1) is 0 Å². The standard InChI is InChI=1S/C18H38N6O/c1-16(23-8-6-22(5)7-9-23)14-20-17(19-4)21-15-18(2,3)24-10-12-25-13-11-24/h16H,6-15H2,1-5H3,(H2,19,20,21). The molecule has 2 aliphatic rings. The molecule has 0 saturated carbocycles. The molecular formula is C18H38N6O. The van der Waals surface area contributed by atoms with Crippen molar-refractivity contribution in [1.82, 2.24) is 25.3 Å². The lowest BCUT2D eigenvalue weighted by Crippen LogP contribution is -2.57. The highest BCUT2D eigenvalue weighted by Gasteiger charge is 2.28. The summed E-state index contributed by atoms with van der Waals surface area (Å²) in [6.45, 7) is 16.9. The van der Waals surface area contributed by atoms with Crippen molar-refractivity contribution in [3.63, 3.8) is 0 Å². The fourth-order valence-electron chi connectivity index (χ4n) is 3.44. The molecule has 2 fully saturated rings. The molecule has 7 heteroatoms. The summed E-state index contributed by atoms with van der Waals surface area (Å²) in [6, 6.07) is 0.513. The molecule has 2 N–H and O–H groups in total. The van der Waals surface area contributed by atoms with Gasteiger partial charge in [0.05, 0.1) is 13.2 Å². The van der Waals surface area contributed by atoms with Gasteiger partial charge in [-0.3, -0.25) is 14.8 Å². The van der Waals surface area contributed by atoms with Crippen LogP contribution in [-0.2, 0) is 4.74 Å². The third-order valence-corrected chi connectivity index (χ3v) is 5.51. The fraction of sp³-hybridized carbons (Fsp3) is 0.944. The highest BCUT2D eigenvalue weighted by atomic mass is 16.5. The summed E-state index contributed by atoms with van der Waals surface area (Å²) in [5.74, 6) is 0.891. The average molecular weight is 355 g/mol. The summed E-state index contributed by atoms with van der Waals surface area (Å²) in [5, 5.41) is 7.00. The fourth-order valence-corrected chi connectivity index (χ4v) is 3.44. The van der Waals surface area contributed by atoms with Gasteiger partial charge in [-0.2, -0.15) is 0 Å². The van der Waals surface area contributed by atoms with Crippen molar-refractivity contribution in [3.05, 3.63) is 0 Å². The number of aliphatic imine (C=N–C) groups is 1. The van der Waals surface area contributed by atoms with Crippen LogP contribution in [0.15, 0.2) is 4.99 Å². The number of hydrogen-bond acceptors (Lipinski definition) is 5. The van der Waals surface area contributed by atoms with Gasteiger partial charge in [0.25, 0.3) is 0 Å². The molecular weight excluding hydrogens is 316 g/mol. The average Bonchev–Trinajstić information content (AvgIpc) is 2.63. The summed E-state index contributed by atoms with van der Waals surface area (Å²) < 4.78 is 5.46. The van der Waals surface area contributed by atoms with Crippen LogP contribution in [0.4, 0.5) is 0 Å². The third kappa shape index (κ3) is 6.40. The maximum absolute atomic E-state index is 5.46. The Balaban J connectivity index is 1.72. The van der Waals surface area contributed by atoms with Gasteiger partial charge < -0.3 is 20.3 Å². The van der Waals surface area contributed by atoms with E-state index in [1.807, 2.05) is 7.05 Å². The van der Waals surface area contributed by atoms with Crippen molar-refractivity contribution in [2.75, 3.05) is 79.7 Å². The van der Waals surface area contributed by atoms with Gasteiger partial charge >= 0.3 is 0 Å². The molecule has 2 aliphatic heterocycles. The lowest BCUT2D eigenvalue weighted by molar-refractivity contribution is -0.00834. The molecule has 0 aromatic rings.